The Labute approximate surface area is 123 Å². The van der Waals surface area contributed by atoms with Crippen LogP contribution in [0.15, 0.2) is 41.1 Å². The van der Waals surface area contributed by atoms with Crippen LogP contribution < -0.4 is 10.1 Å². The Balaban J connectivity index is 2.30. The van der Waals surface area contributed by atoms with Crippen LogP contribution in [0.4, 0.5) is 5.69 Å². The third kappa shape index (κ3) is 3.24. The fourth-order valence-corrected chi connectivity index (χ4v) is 2.05. The van der Waals surface area contributed by atoms with Crippen LogP contribution in [0, 0.1) is 0 Å². The number of methoxy groups -OCH3 is 1. The Morgan fingerprint density at radius 2 is 2.21 bits per heavy atom. The van der Waals surface area contributed by atoms with Crippen molar-refractivity contribution in [1.82, 2.24) is 4.98 Å². The van der Waals surface area contributed by atoms with Crippen molar-refractivity contribution in [3.8, 4) is 5.75 Å². The van der Waals surface area contributed by atoms with Crippen LogP contribution in [0.25, 0.3) is 0 Å². The molecule has 0 saturated carbocycles. The summed E-state index contributed by atoms with van der Waals surface area (Å²) in [6.45, 7) is 0. The quantitative estimate of drug-likeness (QED) is 0.865. The number of nitrogens with one attached hydrogen (secondary N) is 1. The highest BCUT2D eigenvalue weighted by atomic mass is 79.9. The van der Waals surface area contributed by atoms with Gasteiger partial charge in [0, 0.05) is 11.2 Å². The molecule has 0 aliphatic rings. The molecular formula is C13H10BrClN2O2. The highest BCUT2D eigenvalue weighted by Gasteiger charge is 2.14. The number of pyridine rings is 1. The lowest BCUT2D eigenvalue weighted by atomic mass is 10.2. The molecule has 1 aromatic carbocycles. The highest BCUT2D eigenvalue weighted by Crippen LogP contribution is 2.25. The summed E-state index contributed by atoms with van der Waals surface area (Å²) in [5, 5.41) is 3.21. The number of ether oxygens (including phenoxy) is 1. The molecule has 0 atom stereocenters. The number of halogens is 2. The van der Waals surface area contributed by atoms with Gasteiger partial charge in [0.25, 0.3) is 5.91 Å². The van der Waals surface area contributed by atoms with E-state index in [0.717, 1.165) is 0 Å². The highest BCUT2D eigenvalue weighted by molar-refractivity contribution is 9.10. The third-order valence-electron chi connectivity index (χ3n) is 2.41. The number of anilines is 1. The van der Waals surface area contributed by atoms with Crippen LogP contribution in [0.1, 0.15) is 10.4 Å². The van der Waals surface area contributed by atoms with Gasteiger partial charge in [0.15, 0.2) is 0 Å². The van der Waals surface area contributed by atoms with Gasteiger partial charge in [-0.05, 0) is 46.3 Å². The smallest absolute Gasteiger partial charge is 0.259 e. The fraction of sp³-hybridized carbons (Fsp3) is 0.0769. The third-order valence-corrected chi connectivity index (χ3v) is 3.28. The van der Waals surface area contributed by atoms with Crippen molar-refractivity contribution in [3.05, 3.63) is 51.7 Å². The van der Waals surface area contributed by atoms with E-state index in [0.29, 0.717) is 26.6 Å². The molecule has 0 saturated heterocycles. The summed E-state index contributed by atoms with van der Waals surface area (Å²) in [6.07, 6.45) is 1.62. The van der Waals surface area contributed by atoms with E-state index in [1.54, 1.807) is 36.5 Å². The van der Waals surface area contributed by atoms with E-state index in [9.17, 15) is 4.79 Å². The second-order valence-corrected chi connectivity index (χ2v) is 4.83. The summed E-state index contributed by atoms with van der Waals surface area (Å²) < 4.78 is 5.70. The molecule has 0 radical (unpaired) electrons. The van der Waals surface area contributed by atoms with Crippen molar-refractivity contribution in [2.75, 3.05) is 12.4 Å². The molecule has 0 unspecified atom stereocenters. The summed E-state index contributed by atoms with van der Waals surface area (Å²) in [5.74, 6) is 0.148. The zero-order valence-electron chi connectivity index (χ0n) is 9.98. The van der Waals surface area contributed by atoms with E-state index in [2.05, 4.69) is 26.2 Å². The first-order valence-corrected chi connectivity index (χ1v) is 6.54. The van der Waals surface area contributed by atoms with Gasteiger partial charge in [-0.25, -0.2) is 4.98 Å². The minimum Gasteiger partial charge on any atom is -0.496 e. The fourth-order valence-electron chi connectivity index (χ4n) is 1.53. The van der Waals surface area contributed by atoms with E-state index >= 15 is 0 Å². The van der Waals surface area contributed by atoms with Crippen LogP contribution in [0.3, 0.4) is 0 Å². The van der Waals surface area contributed by atoms with E-state index in [4.69, 9.17) is 16.3 Å². The number of carbonyl (C=O) groups is 1. The Kier molecular flexibility index (Phi) is 4.39. The lowest BCUT2D eigenvalue weighted by Crippen LogP contribution is -2.13. The first-order valence-electron chi connectivity index (χ1n) is 5.37. The van der Waals surface area contributed by atoms with Crippen LogP contribution in [-0.4, -0.2) is 18.0 Å². The number of nitrogens with zero attached hydrogens (tertiary/aromatic N) is 1. The number of carbonyl (C=O) groups excluding carboxylic acids is 1. The molecule has 0 aliphatic carbocycles. The van der Waals surface area contributed by atoms with Gasteiger partial charge in [-0.2, -0.15) is 0 Å². The molecule has 0 aliphatic heterocycles. The topological polar surface area (TPSA) is 51.2 Å². The zero-order chi connectivity index (χ0) is 13.8. The van der Waals surface area contributed by atoms with Gasteiger partial charge < -0.3 is 10.1 Å². The van der Waals surface area contributed by atoms with Gasteiger partial charge in [-0.1, -0.05) is 11.6 Å². The summed E-state index contributed by atoms with van der Waals surface area (Å²) in [5.41, 5.74) is 0.945. The van der Waals surface area contributed by atoms with Crippen molar-refractivity contribution in [2.24, 2.45) is 0 Å². The molecule has 2 aromatic rings. The number of amides is 1. The average Bonchev–Trinajstić information content (AvgIpc) is 2.41. The van der Waals surface area contributed by atoms with Crippen molar-refractivity contribution in [1.29, 1.82) is 0 Å². The first kappa shape index (κ1) is 13.8. The summed E-state index contributed by atoms with van der Waals surface area (Å²) in [4.78, 5) is 16.2. The zero-order valence-corrected chi connectivity index (χ0v) is 12.3. The number of hydrogen-bond donors (Lipinski definition) is 1. The second kappa shape index (κ2) is 6.04. The molecule has 0 fully saturated rings. The van der Waals surface area contributed by atoms with E-state index in [-0.39, 0.29) is 5.91 Å². The molecule has 98 valence electrons. The Hall–Kier alpha value is -1.59. The molecule has 19 heavy (non-hydrogen) atoms. The Morgan fingerprint density at radius 1 is 1.42 bits per heavy atom. The summed E-state index contributed by atoms with van der Waals surface area (Å²) in [6, 6.07) is 8.34. The molecule has 0 bridgehead atoms. The van der Waals surface area contributed by atoms with Crippen LogP contribution >= 0.6 is 27.5 Å². The van der Waals surface area contributed by atoms with Gasteiger partial charge in [0.05, 0.1) is 18.4 Å². The maximum absolute atomic E-state index is 12.2. The first-order chi connectivity index (χ1) is 9.11. The van der Waals surface area contributed by atoms with Crippen molar-refractivity contribution >= 4 is 39.1 Å². The van der Waals surface area contributed by atoms with E-state index in [1.807, 2.05) is 0 Å². The Bertz CT molecular complexity index is 619. The Morgan fingerprint density at radius 3 is 2.89 bits per heavy atom. The standard InChI is InChI=1S/C13H10BrClN2O2/c1-19-11-5-4-8(15)7-9(11)13(18)17-10-3-2-6-16-12(10)14/h2-7H,1H3,(H,17,18). The number of rotatable bonds is 3. The van der Waals surface area contributed by atoms with Gasteiger partial charge >= 0.3 is 0 Å². The molecular weight excluding hydrogens is 332 g/mol. The summed E-state index contributed by atoms with van der Waals surface area (Å²) in [7, 11) is 1.50. The normalized spacial score (nSPS) is 10.1. The number of benzene rings is 1. The molecule has 6 heteroatoms. The lowest BCUT2D eigenvalue weighted by molar-refractivity contribution is 0.102. The molecule has 4 nitrogen and oxygen atoms in total. The van der Waals surface area contributed by atoms with Crippen molar-refractivity contribution < 1.29 is 9.53 Å². The predicted molar refractivity (Wildman–Crippen MR) is 77.9 cm³/mol. The van der Waals surface area contributed by atoms with Crippen LogP contribution in [0.2, 0.25) is 5.02 Å². The number of hydrogen-bond acceptors (Lipinski definition) is 3. The van der Waals surface area contributed by atoms with Gasteiger partial charge in [0.1, 0.15) is 10.4 Å². The van der Waals surface area contributed by atoms with Gasteiger partial charge in [0.2, 0.25) is 0 Å². The predicted octanol–water partition coefficient (Wildman–Crippen LogP) is 3.76. The molecule has 1 N–H and O–H groups in total. The number of aromatic nitrogens is 1. The van der Waals surface area contributed by atoms with Crippen molar-refractivity contribution in [2.45, 2.75) is 0 Å². The molecule has 2 rings (SSSR count). The van der Waals surface area contributed by atoms with Gasteiger partial charge in [-0.3, -0.25) is 4.79 Å². The maximum atomic E-state index is 12.2. The van der Waals surface area contributed by atoms with Gasteiger partial charge in [-0.15, -0.1) is 0 Å². The molecule has 1 heterocycles. The minimum atomic E-state index is -0.312. The molecule has 1 aromatic heterocycles. The second-order valence-electron chi connectivity index (χ2n) is 3.64. The lowest BCUT2D eigenvalue weighted by Gasteiger charge is -2.10. The SMILES string of the molecule is COc1ccc(Cl)cc1C(=O)Nc1cccnc1Br. The van der Waals surface area contributed by atoms with Crippen LogP contribution in [-0.2, 0) is 0 Å². The molecule has 1 amide bonds. The summed E-state index contributed by atoms with van der Waals surface area (Å²) >= 11 is 9.16. The largest absolute Gasteiger partial charge is 0.496 e. The van der Waals surface area contributed by atoms with Crippen LogP contribution in [0.5, 0.6) is 5.75 Å². The minimum absolute atomic E-state index is 0.312. The maximum Gasteiger partial charge on any atom is 0.259 e. The monoisotopic (exact) mass is 340 g/mol. The van der Waals surface area contributed by atoms with E-state index in [1.165, 1.54) is 7.11 Å². The van der Waals surface area contributed by atoms with E-state index < -0.39 is 0 Å². The van der Waals surface area contributed by atoms with Crippen molar-refractivity contribution in [3.63, 3.8) is 0 Å². The molecule has 0 spiro atoms. The average molecular weight is 342 g/mol.